The number of hydrogen-bond acceptors (Lipinski definition) is 4. The van der Waals surface area contributed by atoms with E-state index in [0.29, 0.717) is 13.0 Å². The van der Waals surface area contributed by atoms with Gasteiger partial charge in [0.25, 0.3) is 5.91 Å². The topological polar surface area (TPSA) is 59.5 Å². The van der Waals surface area contributed by atoms with E-state index in [-0.39, 0.29) is 23.1 Å². The summed E-state index contributed by atoms with van der Waals surface area (Å²) in [6, 6.07) is 1.04. The zero-order valence-corrected chi connectivity index (χ0v) is 11.4. The van der Waals surface area contributed by atoms with Crippen LogP contribution in [0.4, 0.5) is 4.39 Å². The number of rotatable bonds is 5. The molecule has 1 amide bonds. The number of hydrogen-bond donors (Lipinski definition) is 0. The van der Waals surface area contributed by atoms with Crippen LogP contribution in [0.2, 0.25) is 5.15 Å². The molecule has 1 rings (SSSR count). The van der Waals surface area contributed by atoms with Crippen LogP contribution >= 0.6 is 11.6 Å². The number of halogens is 2. The van der Waals surface area contributed by atoms with Crippen molar-refractivity contribution in [1.82, 2.24) is 9.88 Å². The zero-order valence-electron chi connectivity index (χ0n) is 10.7. The predicted molar refractivity (Wildman–Crippen MR) is 67.4 cm³/mol. The van der Waals surface area contributed by atoms with Crippen LogP contribution in [0.25, 0.3) is 0 Å². The largest absolute Gasteiger partial charge is 0.469 e. The van der Waals surface area contributed by atoms with E-state index < -0.39 is 11.7 Å². The molecule has 0 radical (unpaired) electrons. The van der Waals surface area contributed by atoms with Crippen molar-refractivity contribution in [3.05, 3.63) is 28.8 Å². The standard InChI is InChI=1S/C12H14ClFN2O3/c1-16(5-3-4-10(17)19-2)12(18)9-6-8(14)7-15-11(9)13/h6-7H,3-5H2,1-2H3. The van der Waals surface area contributed by atoms with Gasteiger partial charge in [0.2, 0.25) is 0 Å². The van der Waals surface area contributed by atoms with Crippen LogP contribution in [0.1, 0.15) is 23.2 Å². The van der Waals surface area contributed by atoms with Gasteiger partial charge in [-0.2, -0.15) is 0 Å². The van der Waals surface area contributed by atoms with Crippen molar-refractivity contribution in [3.63, 3.8) is 0 Å². The first-order valence-electron chi connectivity index (χ1n) is 5.59. The van der Waals surface area contributed by atoms with E-state index in [1.165, 1.54) is 12.0 Å². The third-order valence-electron chi connectivity index (χ3n) is 2.48. The lowest BCUT2D eigenvalue weighted by Crippen LogP contribution is -2.28. The minimum Gasteiger partial charge on any atom is -0.469 e. The molecular weight excluding hydrogens is 275 g/mol. The Hall–Kier alpha value is -1.69. The maximum Gasteiger partial charge on any atom is 0.305 e. The molecule has 0 bridgehead atoms. The molecule has 7 heteroatoms. The smallest absolute Gasteiger partial charge is 0.305 e. The zero-order chi connectivity index (χ0) is 14.4. The molecule has 0 atom stereocenters. The molecule has 104 valence electrons. The fourth-order valence-corrected chi connectivity index (χ4v) is 1.63. The summed E-state index contributed by atoms with van der Waals surface area (Å²) < 4.78 is 17.5. The molecule has 5 nitrogen and oxygen atoms in total. The molecule has 0 unspecified atom stereocenters. The number of carbonyl (C=O) groups excluding carboxylic acids is 2. The first-order chi connectivity index (χ1) is 8.95. The van der Waals surface area contributed by atoms with Gasteiger partial charge >= 0.3 is 5.97 Å². The number of nitrogens with zero attached hydrogens (tertiary/aromatic N) is 2. The first-order valence-corrected chi connectivity index (χ1v) is 5.96. The number of esters is 1. The van der Waals surface area contributed by atoms with E-state index in [4.69, 9.17) is 11.6 Å². The van der Waals surface area contributed by atoms with Crippen LogP contribution < -0.4 is 0 Å². The fraction of sp³-hybridized carbons (Fsp3) is 0.417. The lowest BCUT2D eigenvalue weighted by Gasteiger charge is -2.17. The van der Waals surface area contributed by atoms with Gasteiger partial charge in [0.15, 0.2) is 0 Å². The summed E-state index contributed by atoms with van der Waals surface area (Å²) >= 11 is 5.74. The van der Waals surface area contributed by atoms with Crippen molar-refractivity contribution < 1.29 is 18.7 Å². The number of amides is 1. The first kappa shape index (κ1) is 15.4. The number of carbonyl (C=O) groups is 2. The Morgan fingerprint density at radius 1 is 1.53 bits per heavy atom. The molecule has 0 N–H and O–H groups in total. The third-order valence-corrected chi connectivity index (χ3v) is 2.79. The lowest BCUT2D eigenvalue weighted by molar-refractivity contribution is -0.140. The minimum atomic E-state index is -0.629. The van der Waals surface area contributed by atoms with E-state index in [0.717, 1.165) is 12.3 Å². The van der Waals surface area contributed by atoms with E-state index in [9.17, 15) is 14.0 Å². The second kappa shape index (κ2) is 7.04. The molecule has 19 heavy (non-hydrogen) atoms. The lowest BCUT2D eigenvalue weighted by atomic mass is 10.2. The van der Waals surface area contributed by atoms with Crippen molar-refractivity contribution in [2.75, 3.05) is 20.7 Å². The van der Waals surface area contributed by atoms with Crippen molar-refractivity contribution in [2.24, 2.45) is 0 Å². The number of aromatic nitrogens is 1. The van der Waals surface area contributed by atoms with Gasteiger partial charge < -0.3 is 9.64 Å². The average Bonchev–Trinajstić information content (AvgIpc) is 2.40. The molecule has 0 aliphatic rings. The van der Waals surface area contributed by atoms with Gasteiger partial charge in [-0.1, -0.05) is 11.6 Å². The SMILES string of the molecule is COC(=O)CCCN(C)C(=O)c1cc(F)cnc1Cl. The molecule has 0 saturated heterocycles. The highest BCUT2D eigenvalue weighted by molar-refractivity contribution is 6.32. The molecule has 0 aromatic carbocycles. The van der Waals surface area contributed by atoms with Crippen LogP contribution in [-0.2, 0) is 9.53 Å². The maximum atomic E-state index is 13.0. The number of pyridine rings is 1. The number of ether oxygens (including phenoxy) is 1. The summed E-state index contributed by atoms with van der Waals surface area (Å²) in [6.07, 6.45) is 1.61. The fourth-order valence-electron chi connectivity index (χ4n) is 1.44. The molecule has 1 heterocycles. The van der Waals surface area contributed by atoms with E-state index in [2.05, 4.69) is 9.72 Å². The highest BCUT2D eigenvalue weighted by Crippen LogP contribution is 2.15. The Bertz CT molecular complexity index is 482. The van der Waals surface area contributed by atoms with E-state index in [1.807, 2.05) is 0 Å². The summed E-state index contributed by atoms with van der Waals surface area (Å²) in [5.74, 6) is -1.41. The quantitative estimate of drug-likeness (QED) is 0.613. The Balaban J connectivity index is 2.61. The van der Waals surface area contributed by atoms with Crippen molar-refractivity contribution in [2.45, 2.75) is 12.8 Å². The van der Waals surface area contributed by atoms with Crippen molar-refractivity contribution >= 4 is 23.5 Å². The summed E-state index contributed by atoms with van der Waals surface area (Å²) in [7, 11) is 2.84. The van der Waals surface area contributed by atoms with Gasteiger partial charge in [-0.25, -0.2) is 9.37 Å². The van der Waals surface area contributed by atoms with Crippen LogP contribution in [-0.4, -0.2) is 42.5 Å². The van der Waals surface area contributed by atoms with Gasteiger partial charge in [0.1, 0.15) is 11.0 Å². The molecule has 0 saturated carbocycles. The van der Waals surface area contributed by atoms with E-state index in [1.54, 1.807) is 7.05 Å². The summed E-state index contributed by atoms with van der Waals surface area (Å²) in [5, 5.41) is -0.0498. The molecule has 0 aliphatic carbocycles. The Labute approximate surface area is 115 Å². The molecular formula is C12H14ClFN2O3. The van der Waals surface area contributed by atoms with Gasteiger partial charge in [0.05, 0.1) is 18.9 Å². The van der Waals surface area contributed by atoms with Gasteiger partial charge in [-0.3, -0.25) is 9.59 Å². The van der Waals surface area contributed by atoms with Gasteiger partial charge in [-0.15, -0.1) is 0 Å². The maximum absolute atomic E-state index is 13.0. The third kappa shape index (κ3) is 4.48. The molecule has 1 aromatic heterocycles. The Morgan fingerprint density at radius 2 is 2.21 bits per heavy atom. The predicted octanol–water partition coefficient (Wildman–Crippen LogP) is 1.90. The normalized spacial score (nSPS) is 10.1. The second-order valence-corrected chi connectivity index (χ2v) is 4.26. The highest BCUT2D eigenvalue weighted by Gasteiger charge is 2.17. The van der Waals surface area contributed by atoms with Crippen LogP contribution in [0.3, 0.4) is 0 Å². The molecule has 0 fully saturated rings. The second-order valence-electron chi connectivity index (χ2n) is 3.90. The van der Waals surface area contributed by atoms with Crippen LogP contribution in [0, 0.1) is 5.82 Å². The van der Waals surface area contributed by atoms with Gasteiger partial charge in [-0.05, 0) is 12.5 Å². The van der Waals surface area contributed by atoms with Crippen molar-refractivity contribution in [1.29, 1.82) is 0 Å². The highest BCUT2D eigenvalue weighted by atomic mass is 35.5. The molecule has 0 aliphatic heterocycles. The van der Waals surface area contributed by atoms with Crippen molar-refractivity contribution in [3.8, 4) is 0 Å². The summed E-state index contributed by atoms with van der Waals surface area (Å²) in [5.41, 5.74) is 0.00207. The van der Waals surface area contributed by atoms with Crippen LogP contribution in [0.15, 0.2) is 12.3 Å². The van der Waals surface area contributed by atoms with Gasteiger partial charge in [0, 0.05) is 20.0 Å². The van der Waals surface area contributed by atoms with E-state index >= 15 is 0 Å². The number of methoxy groups -OCH3 is 1. The average molecular weight is 289 g/mol. The molecule has 0 spiro atoms. The summed E-state index contributed by atoms with van der Waals surface area (Å²) in [6.45, 7) is 0.334. The Kier molecular flexibility index (Phi) is 5.69. The molecule has 1 aromatic rings. The summed E-state index contributed by atoms with van der Waals surface area (Å²) in [4.78, 5) is 27.8. The van der Waals surface area contributed by atoms with Crippen LogP contribution in [0.5, 0.6) is 0 Å². The monoisotopic (exact) mass is 288 g/mol. The minimum absolute atomic E-state index is 0.00207. The Morgan fingerprint density at radius 3 is 2.84 bits per heavy atom.